The number of benzene rings is 3. The van der Waals surface area contributed by atoms with E-state index < -0.39 is 11.0 Å². The Morgan fingerprint density at radius 2 is 1.60 bits per heavy atom. The molecule has 0 spiro atoms. The fourth-order valence-corrected chi connectivity index (χ4v) is 6.10. The Morgan fingerprint density at radius 1 is 0.967 bits per heavy atom. The van der Waals surface area contributed by atoms with Gasteiger partial charge in [-0.3, -0.25) is 4.31 Å². The molecule has 30 heavy (non-hydrogen) atoms. The summed E-state index contributed by atoms with van der Waals surface area (Å²) < 4.78 is 15.3. The first-order valence-corrected chi connectivity index (χ1v) is 11.8. The largest absolute Gasteiger partial charge is 0.280 e. The lowest BCUT2D eigenvalue weighted by molar-refractivity contribution is 0.457. The second-order valence-corrected chi connectivity index (χ2v) is 9.85. The minimum absolute atomic E-state index is 0.0105. The Balaban J connectivity index is 1.73. The van der Waals surface area contributed by atoms with Gasteiger partial charge in [0, 0.05) is 17.0 Å². The molecular formula is C25H22N2OS2. The average molecular weight is 431 g/mol. The van der Waals surface area contributed by atoms with Crippen molar-refractivity contribution in [3.8, 4) is 6.07 Å². The Morgan fingerprint density at radius 3 is 2.23 bits per heavy atom. The minimum Gasteiger partial charge on any atom is -0.280 e. The number of rotatable bonds is 5. The van der Waals surface area contributed by atoms with E-state index >= 15 is 0 Å². The van der Waals surface area contributed by atoms with Crippen LogP contribution in [-0.2, 0) is 11.0 Å². The molecule has 0 amide bonds. The van der Waals surface area contributed by atoms with Gasteiger partial charge in [0.15, 0.2) is 11.0 Å². The summed E-state index contributed by atoms with van der Waals surface area (Å²) in [6.07, 6.45) is 2.51. The molecule has 1 unspecified atom stereocenters. The van der Waals surface area contributed by atoms with E-state index in [1.807, 2.05) is 71.9 Å². The molecular weight excluding hydrogens is 408 g/mol. The number of hydrogen-bond donors (Lipinski definition) is 0. The molecule has 5 heteroatoms. The summed E-state index contributed by atoms with van der Waals surface area (Å²) in [5.41, 5.74) is 2.89. The van der Waals surface area contributed by atoms with Gasteiger partial charge in [0.05, 0.1) is 21.9 Å². The molecule has 3 nitrogen and oxygen atoms in total. The van der Waals surface area contributed by atoms with Gasteiger partial charge in [-0.25, -0.2) is 4.21 Å². The van der Waals surface area contributed by atoms with Gasteiger partial charge in [-0.05, 0) is 43.2 Å². The first-order valence-electron chi connectivity index (χ1n) is 9.81. The van der Waals surface area contributed by atoms with Crippen LogP contribution in [-0.4, -0.2) is 13.9 Å². The topological polar surface area (TPSA) is 44.1 Å². The number of hydrogen-bond acceptors (Lipinski definition) is 3. The molecule has 0 N–H and O–H groups in total. The molecule has 0 aliphatic carbocycles. The van der Waals surface area contributed by atoms with Crippen molar-refractivity contribution < 1.29 is 4.21 Å². The second kappa shape index (κ2) is 9.34. The normalized spacial score (nSPS) is 19.6. The Hall–Kier alpha value is -2.81. The molecule has 1 aliphatic rings. The highest BCUT2D eigenvalue weighted by Crippen LogP contribution is 2.42. The van der Waals surface area contributed by atoms with Gasteiger partial charge in [-0.1, -0.05) is 66.2 Å². The van der Waals surface area contributed by atoms with Crippen molar-refractivity contribution in [1.29, 1.82) is 5.26 Å². The van der Waals surface area contributed by atoms with Gasteiger partial charge < -0.3 is 0 Å². The predicted molar refractivity (Wildman–Crippen MR) is 123 cm³/mol. The van der Waals surface area contributed by atoms with Crippen LogP contribution in [0, 0.1) is 18.3 Å². The van der Waals surface area contributed by atoms with Crippen molar-refractivity contribution in [2.24, 2.45) is 0 Å². The standard InChI is InChI=1S/C25H22N2OS2/c1-19-12-14-23(15-13-19)30(28)27-18-21(17-26)24(20-8-4-2-5-9-20)16-25(27)29-22-10-6-3-7-11-22/h2-15,18,24-25H,16H2,1H3/t24-,25+,30?/m1/s1. The van der Waals surface area contributed by atoms with E-state index in [1.54, 1.807) is 18.0 Å². The van der Waals surface area contributed by atoms with Crippen molar-refractivity contribution in [2.75, 3.05) is 0 Å². The molecule has 0 bridgehead atoms. The van der Waals surface area contributed by atoms with Crippen LogP contribution in [0.15, 0.2) is 106 Å². The van der Waals surface area contributed by atoms with E-state index in [0.717, 1.165) is 20.9 Å². The lowest BCUT2D eigenvalue weighted by Crippen LogP contribution is -2.35. The maximum atomic E-state index is 13.5. The fraction of sp³-hybridized carbons (Fsp3) is 0.160. The van der Waals surface area contributed by atoms with Crippen LogP contribution in [0.25, 0.3) is 0 Å². The van der Waals surface area contributed by atoms with Gasteiger partial charge in [0.2, 0.25) is 0 Å². The molecule has 150 valence electrons. The molecule has 0 saturated carbocycles. The lowest BCUT2D eigenvalue weighted by atomic mass is 9.87. The maximum absolute atomic E-state index is 13.5. The number of thioether (sulfide) groups is 1. The van der Waals surface area contributed by atoms with Crippen LogP contribution < -0.4 is 0 Å². The van der Waals surface area contributed by atoms with Crippen LogP contribution in [0.5, 0.6) is 0 Å². The van der Waals surface area contributed by atoms with E-state index in [4.69, 9.17) is 0 Å². The Kier molecular flexibility index (Phi) is 6.37. The fourth-order valence-electron chi connectivity index (χ4n) is 3.54. The van der Waals surface area contributed by atoms with E-state index in [1.165, 1.54) is 0 Å². The van der Waals surface area contributed by atoms with Crippen molar-refractivity contribution >= 4 is 22.7 Å². The van der Waals surface area contributed by atoms with Gasteiger partial charge >= 0.3 is 0 Å². The smallest absolute Gasteiger partial charge is 0.153 e. The molecule has 3 atom stereocenters. The molecule has 0 saturated heterocycles. The van der Waals surface area contributed by atoms with Crippen molar-refractivity contribution in [3.63, 3.8) is 0 Å². The molecule has 3 aromatic rings. The van der Waals surface area contributed by atoms with Gasteiger partial charge in [-0.2, -0.15) is 5.26 Å². The Labute approximate surface area is 184 Å². The third-order valence-corrected chi connectivity index (χ3v) is 7.91. The number of nitrogens with zero attached hydrogens (tertiary/aromatic N) is 2. The lowest BCUT2D eigenvalue weighted by Gasteiger charge is -2.36. The Bertz CT molecular complexity index is 1090. The van der Waals surface area contributed by atoms with E-state index in [0.29, 0.717) is 12.0 Å². The molecule has 0 radical (unpaired) electrons. The summed E-state index contributed by atoms with van der Waals surface area (Å²) in [5.74, 6) is -0.0105. The summed E-state index contributed by atoms with van der Waals surface area (Å²) in [4.78, 5) is 1.86. The van der Waals surface area contributed by atoms with Crippen molar-refractivity contribution in [3.05, 3.63) is 108 Å². The number of nitriles is 1. The van der Waals surface area contributed by atoms with E-state index in [9.17, 15) is 9.47 Å². The third-order valence-electron chi connectivity index (χ3n) is 5.12. The van der Waals surface area contributed by atoms with Crippen LogP contribution in [0.4, 0.5) is 0 Å². The average Bonchev–Trinajstić information content (AvgIpc) is 2.80. The molecule has 4 rings (SSSR count). The molecule has 1 heterocycles. The quantitative estimate of drug-likeness (QED) is 0.496. The van der Waals surface area contributed by atoms with Crippen LogP contribution >= 0.6 is 11.8 Å². The van der Waals surface area contributed by atoms with Gasteiger partial charge in [0.1, 0.15) is 0 Å². The maximum Gasteiger partial charge on any atom is 0.153 e. The zero-order chi connectivity index (χ0) is 20.9. The van der Waals surface area contributed by atoms with E-state index in [2.05, 4.69) is 30.3 Å². The molecule has 1 aliphatic heterocycles. The SMILES string of the molecule is Cc1ccc(S(=O)N2C=C(C#N)[C@@H](c3ccccc3)C[C@@H]2Sc2ccccc2)cc1. The first kappa shape index (κ1) is 20.5. The minimum atomic E-state index is -1.39. The van der Waals surface area contributed by atoms with Gasteiger partial charge in [0.25, 0.3) is 0 Å². The number of aryl methyl sites for hydroxylation is 1. The van der Waals surface area contributed by atoms with Crippen LogP contribution in [0.2, 0.25) is 0 Å². The van der Waals surface area contributed by atoms with Gasteiger partial charge in [-0.15, -0.1) is 11.8 Å². The predicted octanol–water partition coefficient (Wildman–Crippen LogP) is 6.03. The monoisotopic (exact) mass is 430 g/mol. The number of allylic oxidation sites excluding steroid dienone is 1. The zero-order valence-electron chi connectivity index (χ0n) is 16.6. The van der Waals surface area contributed by atoms with Crippen LogP contribution in [0.3, 0.4) is 0 Å². The summed E-state index contributed by atoms with van der Waals surface area (Å²) in [7, 11) is -1.39. The molecule has 3 aromatic carbocycles. The summed E-state index contributed by atoms with van der Waals surface area (Å²) >= 11 is 1.69. The second-order valence-electron chi connectivity index (χ2n) is 7.20. The highest BCUT2D eigenvalue weighted by molar-refractivity contribution is 8.00. The third kappa shape index (κ3) is 4.51. The highest BCUT2D eigenvalue weighted by Gasteiger charge is 2.34. The summed E-state index contributed by atoms with van der Waals surface area (Å²) in [6.45, 7) is 2.01. The molecule has 0 aromatic heterocycles. The van der Waals surface area contributed by atoms with Crippen LogP contribution in [0.1, 0.15) is 23.5 Å². The zero-order valence-corrected chi connectivity index (χ0v) is 18.3. The summed E-state index contributed by atoms with van der Waals surface area (Å²) in [5, 5.41) is 9.80. The summed E-state index contributed by atoms with van der Waals surface area (Å²) in [6, 6.07) is 30.4. The highest BCUT2D eigenvalue weighted by atomic mass is 32.2. The van der Waals surface area contributed by atoms with Crippen molar-refractivity contribution in [1.82, 2.24) is 4.31 Å². The van der Waals surface area contributed by atoms with E-state index in [-0.39, 0.29) is 11.3 Å². The molecule has 0 fully saturated rings. The first-order chi connectivity index (χ1) is 14.7. The van der Waals surface area contributed by atoms with Crippen molar-refractivity contribution in [2.45, 2.75) is 34.4 Å².